The summed E-state index contributed by atoms with van der Waals surface area (Å²) in [4.78, 5) is 0. The number of hydrogen-bond donors (Lipinski definition) is 0. The van der Waals surface area contributed by atoms with Crippen molar-refractivity contribution in [3.63, 3.8) is 0 Å². The molecule has 0 unspecified atom stereocenters. The van der Waals surface area contributed by atoms with Crippen molar-refractivity contribution < 1.29 is 9.47 Å². The van der Waals surface area contributed by atoms with Crippen LogP contribution in [0, 0.1) is 11.8 Å². The fourth-order valence-electron chi connectivity index (χ4n) is 3.79. The fourth-order valence-corrected chi connectivity index (χ4v) is 3.79. The van der Waals surface area contributed by atoms with Crippen molar-refractivity contribution in [2.24, 2.45) is 0 Å². The molecule has 0 atom stereocenters. The van der Waals surface area contributed by atoms with Gasteiger partial charge < -0.3 is 9.47 Å². The van der Waals surface area contributed by atoms with E-state index in [1.807, 2.05) is 18.2 Å². The lowest BCUT2D eigenvalue weighted by atomic mass is 10.0. The Kier molecular flexibility index (Phi) is 8.25. The van der Waals surface area contributed by atoms with Gasteiger partial charge in [-0.2, -0.15) is 0 Å². The molecule has 172 valence electrons. The first-order valence-electron chi connectivity index (χ1n) is 12.3. The van der Waals surface area contributed by atoms with E-state index in [4.69, 9.17) is 9.47 Å². The normalized spacial score (nSPS) is 10.5. The number of ether oxygens (including phenoxy) is 2. The molecule has 0 aliphatic heterocycles. The zero-order valence-corrected chi connectivity index (χ0v) is 20.1. The van der Waals surface area contributed by atoms with Crippen molar-refractivity contribution in [2.45, 2.75) is 39.5 Å². The minimum absolute atomic E-state index is 0.749. The lowest BCUT2D eigenvalue weighted by Crippen LogP contribution is -1.96. The summed E-state index contributed by atoms with van der Waals surface area (Å²) in [5.74, 6) is 8.45. The second-order valence-corrected chi connectivity index (χ2v) is 8.48. The Morgan fingerprint density at radius 3 is 1.85 bits per heavy atom. The largest absolute Gasteiger partial charge is 0.494 e. The van der Waals surface area contributed by atoms with Crippen molar-refractivity contribution in [3.8, 4) is 34.5 Å². The first-order valence-corrected chi connectivity index (χ1v) is 12.3. The third-order valence-corrected chi connectivity index (χ3v) is 5.72. The third-order valence-electron chi connectivity index (χ3n) is 5.72. The molecule has 0 N–H and O–H groups in total. The van der Waals surface area contributed by atoms with Crippen LogP contribution in [0.5, 0.6) is 11.5 Å². The quantitative estimate of drug-likeness (QED) is 0.189. The van der Waals surface area contributed by atoms with Crippen LogP contribution in [0.2, 0.25) is 0 Å². The number of hydrogen-bond acceptors (Lipinski definition) is 2. The summed E-state index contributed by atoms with van der Waals surface area (Å²) in [7, 11) is 0. The Balaban J connectivity index is 1.41. The van der Waals surface area contributed by atoms with Crippen LogP contribution < -0.4 is 9.47 Å². The van der Waals surface area contributed by atoms with E-state index in [-0.39, 0.29) is 0 Å². The smallest absolute Gasteiger partial charge is 0.119 e. The Bertz CT molecular complexity index is 1260. The Hall–Kier alpha value is -3.70. The number of fused-ring (bicyclic) bond motifs is 1. The summed E-state index contributed by atoms with van der Waals surface area (Å²) >= 11 is 0. The van der Waals surface area contributed by atoms with Crippen molar-refractivity contribution in [3.05, 3.63) is 96.1 Å². The topological polar surface area (TPSA) is 18.5 Å². The summed E-state index contributed by atoms with van der Waals surface area (Å²) < 4.78 is 11.6. The average Bonchev–Trinajstić information content (AvgIpc) is 2.89. The van der Waals surface area contributed by atoms with E-state index in [1.54, 1.807) is 0 Å². The maximum Gasteiger partial charge on any atom is 0.119 e. The van der Waals surface area contributed by atoms with Gasteiger partial charge in [0.05, 0.1) is 13.2 Å². The molecule has 0 fully saturated rings. The summed E-state index contributed by atoms with van der Waals surface area (Å²) in [6, 6.07) is 29.3. The van der Waals surface area contributed by atoms with E-state index >= 15 is 0 Å². The van der Waals surface area contributed by atoms with Crippen LogP contribution in [0.15, 0.2) is 84.9 Å². The minimum Gasteiger partial charge on any atom is -0.494 e. The second-order valence-electron chi connectivity index (χ2n) is 8.48. The predicted octanol–water partition coefficient (Wildman–Crippen LogP) is 8.26. The van der Waals surface area contributed by atoms with Gasteiger partial charge in [0, 0.05) is 11.1 Å². The van der Waals surface area contributed by atoms with E-state index in [2.05, 4.69) is 92.4 Å². The van der Waals surface area contributed by atoms with Crippen LogP contribution in [0.3, 0.4) is 0 Å². The van der Waals surface area contributed by atoms with Crippen molar-refractivity contribution in [2.75, 3.05) is 13.2 Å². The van der Waals surface area contributed by atoms with Crippen LogP contribution in [0.1, 0.15) is 50.7 Å². The molecule has 0 saturated heterocycles. The highest BCUT2D eigenvalue weighted by Crippen LogP contribution is 2.24. The highest BCUT2D eigenvalue weighted by molar-refractivity contribution is 5.85. The monoisotopic (exact) mass is 448 g/mol. The van der Waals surface area contributed by atoms with Crippen LogP contribution in [-0.4, -0.2) is 13.2 Å². The van der Waals surface area contributed by atoms with E-state index in [0.29, 0.717) is 0 Å². The van der Waals surface area contributed by atoms with Crippen molar-refractivity contribution in [1.29, 1.82) is 0 Å². The lowest BCUT2D eigenvalue weighted by molar-refractivity contribution is 0.306. The lowest BCUT2D eigenvalue weighted by Gasteiger charge is -2.07. The van der Waals surface area contributed by atoms with Gasteiger partial charge >= 0.3 is 0 Å². The Morgan fingerprint density at radius 1 is 0.529 bits per heavy atom. The van der Waals surface area contributed by atoms with Gasteiger partial charge in [0.1, 0.15) is 11.5 Å². The van der Waals surface area contributed by atoms with Gasteiger partial charge in [-0.05, 0) is 83.3 Å². The molecule has 0 saturated carbocycles. The SMILES string of the molecule is CCCCCOc1ccc2cc(C#Cc3ccc(-c4ccc(OCCC)cc4)cc3)ccc2c1. The average molecular weight is 449 g/mol. The number of benzene rings is 4. The van der Waals surface area contributed by atoms with Gasteiger partial charge in [0.15, 0.2) is 0 Å². The molecular formula is C32H32O2. The molecule has 0 heterocycles. The summed E-state index contributed by atoms with van der Waals surface area (Å²) in [5, 5.41) is 2.35. The fraction of sp³-hybridized carbons (Fsp3) is 0.250. The van der Waals surface area contributed by atoms with E-state index in [9.17, 15) is 0 Å². The second kappa shape index (κ2) is 12.0. The summed E-state index contributed by atoms with van der Waals surface area (Å²) in [6.45, 7) is 5.84. The van der Waals surface area contributed by atoms with Crippen LogP contribution >= 0.6 is 0 Å². The van der Waals surface area contributed by atoms with Gasteiger partial charge in [-0.1, -0.05) is 74.9 Å². The zero-order chi connectivity index (χ0) is 23.6. The highest BCUT2D eigenvalue weighted by Gasteiger charge is 2.01. The van der Waals surface area contributed by atoms with E-state index in [0.717, 1.165) is 48.7 Å². The maximum absolute atomic E-state index is 5.88. The molecule has 0 aromatic heterocycles. The predicted molar refractivity (Wildman–Crippen MR) is 143 cm³/mol. The molecule has 0 aliphatic rings. The Morgan fingerprint density at radius 2 is 1.12 bits per heavy atom. The molecule has 34 heavy (non-hydrogen) atoms. The maximum atomic E-state index is 5.88. The first-order chi connectivity index (χ1) is 16.7. The molecule has 4 aromatic carbocycles. The molecular weight excluding hydrogens is 416 g/mol. The Labute approximate surface area is 203 Å². The van der Waals surface area contributed by atoms with E-state index < -0.39 is 0 Å². The molecule has 0 spiro atoms. The summed E-state index contributed by atoms with van der Waals surface area (Å²) in [5.41, 5.74) is 4.36. The third kappa shape index (κ3) is 6.42. The molecule has 2 nitrogen and oxygen atoms in total. The number of rotatable bonds is 9. The van der Waals surface area contributed by atoms with Crippen LogP contribution in [-0.2, 0) is 0 Å². The van der Waals surface area contributed by atoms with Gasteiger partial charge in [-0.15, -0.1) is 0 Å². The van der Waals surface area contributed by atoms with Gasteiger partial charge in [-0.25, -0.2) is 0 Å². The van der Waals surface area contributed by atoms with Crippen molar-refractivity contribution >= 4 is 10.8 Å². The summed E-state index contributed by atoms with van der Waals surface area (Å²) in [6.07, 6.45) is 4.53. The molecule has 0 aliphatic carbocycles. The molecule has 4 rings (SSSR count). The van der Waals surface area contributed by atoms with Gasteiger partial charge in [0.2, 0.25) is 0 Å². The van der Waals surface area contributed by atoms with Gasteiger partial charge in [-0.3, -0.25) is 0 Å². The molecule has 0 radical (unpaired) electrons. The van der Waals surface area contributed by atoms with Crippen LogP contribution in [0.25, 0.3) is 21.9 Å². The minimum atomic E-state index is 0.749. The molecule has 0 bridgehead atoms. The van der Waals surface area contributed by atoms with E-state index in [1.165, 1.54) is 34.7 Å². The number of unbranched alkanes of at least 4 members (excludes halogenated alkanes) is 2. The van der Waals surface area contributed by atoms with Gasteiger partial charge in [0.25, 0.3) is 0 Å². The molecule has 0 amide bonds. The first kappa shape index (κ1) is 23.5. The zero-order valence-electron chi connectivity index (χ0n) is 20.1. The van der Waals surface area contributed by atoms with Crippen LogP contribution in [0.4, 0.5) is 0 Å². The standard InChI is InChI=1S/C32H32O2/c1-3-5-6-22-34-32-20-17-29-23-26(11-14-30(29)24-32)8-7-25-9-12-27(13-10-25)28-15-18-31(19-16-28)33-21-4-2/h9-20,23-24H,3-6,21-22H2,1-2H3. The molecule has 2 heteroatoms. The van der Waals surface area contributed by atoms with Crippen molar-refractivity contribution in [1.82, 2.24) is 0 Å². The molecule has 4 aromatic rings. The highest BCUT2D eigenvalue weighted by atomic mass is 16.5.